The van der Waals surface area contributed by atoms with Crippen LogP contribution in [0.1, 0.15) is 44.7 Å². The first-order valence-electron chi connectivity index (χ1n) is 8.58. The van der Waals surface area contributed by atoms with E-state index in [0.717, 1.165) is 17.5 Å². The first-order valence-corrected chi connectivity index (χ1v) is 8.58. The molecule has 0 saturated heterocycles. The smallest absolute Gasteiger partial charge is 0.314 e. The van der Waals surface area contributed by atoms with Crippen molar-refractivity contribution in [2.75, 3.05) is 13.2 Å². The maximum atomic E-state index is 11.9. The van der Waals surface area contributed by atoms with E-state index in [1.165, 1.54) is 0 Å². The number of hydrazone groups is 1. The highest BCUT2D eigenvalue weighted by Gasteiger charge is 2.22. The molecule has 0 aliphatic carbocycles. The van der Waals surface area contributed by atoms with Crippen LogP contribution in [-0.4, -0.2) is 30.8 Å². The first kappa shape index (κ1) is 20.7. The molecule has 1 rings (SSSR count). The van der Waals surface area contributed by atoms with Crippen LogP contribution in [0.15, 0.2) is 23.3 Å². The number of esters is 1. The van der Waals surface area contributed by atoms with E-state index in [1.807, 2.05) is 39.0 Å². The second-order valence-corrected chi connectivity index (χ2v) is 5.92. The average molecular weight is 348 g/mol. The summed E-state index contributed by atoms with van der Waals surface area (Å²) in [4.78, 5) is 23.8. The van der Waals surface area contributed by atoms with Gasteiger partial charge in [0.15, 0.2) is 6.61 Å². The molecule has 138 valence electrons. The van der Waals surface area contributed by atoms with Crippen molar-refractivity contribution >= 4 is 17.6 Å². The van der Waals surface area contributed by atoms with Crippen molar-refractivity contribution < 1.29 is 19.1 Å². The Kier molecular flexibility index (Phi) is 8.67. The van der Waals surface area contributed by atoms with Crippen LogP contribution in [-0.2, 0) is 14.3 Å². The molecule has 0 bridgehead atoms. The van der Waals surface area contributed by atoms with E-state index in [4.69, 9.17) is 9.47 Å². The minimum absolute atomic E-state index is 0.142. The van der Waals surface area contributed by atoms with Crippen molar-refractivity contribution in [2.24, 2.45) is 11.0 Å². The maximum Gasteiger partial charge on any atom is 0.314 e. The van der Waals surface area contributed by atoms with Gasteiger partial charge in [0.2, 0.25) is 0 Å². The Bertz CT molecular complexity index is 626. The number of aryl methyl sites for hydroxylation is 2. The van der Waals surface area contributed by atoms with Crippen LogP contribution in [0.2, 0.25) is 0 Å². The third-order valence-corrected chi connectivity index (χ3v) is 3.86. The van der Waals surface area contributed by atoms with Crippen LogP contribution in [0.4, 0.5) is 0 Å². The zero-order chi connectivity index (χ0) is 18.8. The van der Waals surface area contributed by atoms with Crippen molar-refractivity contribution in [3.63, 3.8) is 0 Å². The van der Waals surface area contributed by atoms with Crippen LogP contribution in [0.3, 0.4) is 0 Å². The summed E-state index contributed by atoms with van der Waals surface area (Å²) in [6, 6.07) is 5.65. The van der Waals surface area contributed by atoms with E-state index in [2.05, 4.69) is 10.5 Å². The number of benzene rings is 1. The third-order valence-electron chi connectivity index (χ3n) is 3.86. The summed E-state index contributed by atoms with van der Waals surface area (Å²) < 4.78 is 10.5. The molecule has 0 heterocycles. The zero-order valence-corrected chi connectivity index (χ0v) is 15.7. The highest BCUT2D eigenvalue weighted by molar-refractivity contribution is 6.01. The molecule has 6 heteroatoms. The Hall–Kier alpha value is -2.37. The standard InChI is InChI=1S/C19H28N2O4/c1-6-8-17(19(23)24-7-2)15(5)20-21-18(22)12-25-16-10-9-13(3)14(4)11-16/h9-11,17H,6-8,12H2,1-5H3,(H,21,22)/b20-15+/t17-/m0/s1. The van der Waals surface area contributed by atoms with Crippen molar-refractivity contribution in [3.8, 4) is 5.75 Å². The SMILES string of the molecule is CCC[C@H](C(=O)OCC)/C(C)=N/NC(=O)COc1ccc(C)c(C)c1. The summed E-state index contributed by atoms with van der Waals surface area (Å²) >= 11 is 0. The molecule has 0 fully saturated rings. The molecule has 1 amide bonds. The number of hydrogen-bond acceptors (Lipinski definition) is 5. The summed E-state index contributed by atoms with van der Waals surface area (Å²) in [5.74, 6) is -0.497. The third kappa shape index (κ3) is 6.95. The molecule has 6 nitrogen and oxygen atoms in total. The summed E-state index contributed by atoms with van der Waals surface area (Å²) in [5.41, 5.74) is 5.22. The molecular weight excluding hydrogens is 320 g/mol. The van der Waals surface area contributed by atoms with E-state index >= 15 is 0 Å². The van der Waals surface area contributed by atoms with Gasteiger partial charge in [0.1, 0.15) is 5.75 Å². The van der Waals surface area contributed by atoms with Gasteiger partial charge in [0, 0.05) is 5.71 Å². The number of carbonyl (C=O) groups is 2. The van der Waals surface area contributed by atoms with Crippen LogP contribution < -0.4 is 10.2 Å². The molecule has 0 aliphatic heterocycles. The van der Waals surface area contributed by atoms with Crippen molar-refractivity contribution in [1.29, 1.82) is 0 Å². The molecular formula is C19H28N2O4. The van der Waals surface area contributed by atoms with Gasteiger partial charge in [-0.05, 0) is 57.4 Å². The van der Waals surface area contributed by atoms with Crippen molar-refractivity contribution in [1.82, 2.24) is 5.43 Å². The lowest BCUT2D eigenvalue weighted by Crippen LogP contribution is -2.30. The van der Waals surface area contributed by atoms with Crippen molar-refractivity contribution in [2.45, 2.75) is 47.5 Å². The molecule has 0 aromatic heterocycles. The summed E-state index contributed by atoms with van der Waals surface area (Å²) in [6.07, 6.45) is 1.45. The molecule has 0 aliphatic rings. The monoisotopic (exact) mass is 348 g/mol. The van der Waals surface area contributed by atoms with Gasteiger partial charge in [-0.25, -0.2) is 5.43 Å². The van der Waals surface area contributed by atoms with E-state index in [-0.39, 0.29) is 18.5 Å². The Balaban J connectivity index is 2.57. The minimum atomic E-state index is -0.439. The minimum Gasteiger partial charge on any atom is -0.484 e. The van der Waals surface area contributed by atoms with Gasteiger partial charge in [-0.2, -0.15) is 5.10 Å². The Morgan fingerprint density at radius 2 is 1.92 bits per heavy atom. The number of hydrogen-bond donors (Lipinski definition) is 1. The largest absolute Gasteiger partial charge is 0.484 e. The number of nitrogens with one attached hydrogen (secondary N) is 1. The molecule has 0 spiro atoms. The summed E-state index contributed by atoms with van der Waals surface area (Å²) in [7, 11) is 0. The Morgan fingerprint density at radius 3 is 2.52 bits per heavy atom. The fraction of sp³-hybridized carbons (Fsp3) is 0.526. The zero-order valence-electron chi connectivity index (χ0n) is 15.7. The van der Waals surface area contributed by atoms with Crippen molar-refractivity contribution in [3.05, 3.63) is 29.3 Å². The molecule has 0 saturated carbocycles. The number of rotatable bonds is 9. The lowest BCUT2D eigenvalue weighted by atomic mass is 9.99. The molecule has 1 aromatic carbocycles. The lowest BCUT2D eigenvalue weighted by molar-refractivity contribution is -0.145. The first-order chi connectivity index (χ1) is 11.9. The lowest BCUT2D eigenvalue weighted by Gasteiger charge is -2.14. The number of ether oxygens (including phenoxy) is 2. The van der Waals surface area contributed by atoms with Gasteiger partial charge in [-0.3, -0.25) is 9.59 Å². The van der Waals surface area contributed by atoms with Crippen LogP contribution in [0, 0.1) is 19.8 Å². The normalized spacial score (nSPS) is 12.4. The molecule has 1 N–H and O–H groups in total. The van der Waals surface area contributed by atoms with E-state index < -0.39 is 5.92 Å². The van der Waals surface area contributed by atoms with E-state index in [0.29, 0.717) is 24.5 Å². The molecule has 1 aromatic rings. The quantitative estimate of drug-likeness (QED) is 0.422. The fourth-order valence-corrected chi connectivity index (χ4v) is 2.24. The van der Waals surface area contributed by atoms with Crippen LogP contribution in [0.5, 0.6) is 5.75 Å². The van der Waals surface area contributed by atoms with Gasteiger partial charge in [-0.1, -0.05) is 19.4 Å². The van der Waals surface area contributed by atoms with Gasteiger partial charge >= 0.3 is 5.97 Å². The molecule has 0 radical (unpaired) electrons. The highest BCUT2D eigenvalue weighted by Crippen LogP contribution is 2.16. The maximum absolute atomic E-state index is 11.9. The molecule has 0 unspecified atom stereocenters. The van der Waals surface area contributed by atoms with Crippen LogP contribution >= 0.6 is 0 Å². The van der Waals surface area contributed by atoms with Crippen LogP contribution in [0.25, 0.3) is 0 Å². The second-order valence-electron chi connectivity index (χ2n) is 5.92. The molecule has 1 atom stereocenters. The summed E-state index contributed by atoms with van der Waals surface area (Å²) in [6.45, 7) is 9.63. The molecule has 25 heavy (non-hydrogen) atoms. The van der Waals surface area contributed by atoms with Gasteiger partial charge in [0.05, 0.1) is 12.5 Å². The topological polar surface area (TPSA) is 77.0 Å². The predicted octanol–water partition coefficient (Wildman–Crippen LogP) is 3.15. The number of amides is 1. The fourth-order valence-electron chi connectivity index (χ4n) is 2.24. The Labute approximate surface area is 149 Å². The summed E-state index contributed by atoms with van der Waals surface area (Å²) in [5, 5.41) is 4.03. The van der Waals surface area contributed by atoms with E-state index in [9.17, 15) is 9.59 Å². The number of carbonyl (C=O) groups excluding carboxylic acids is 2. The van der Waals surface area contributed by atoms with Gasteiger partial charge in [0.25, 0.3) is 5.91 Å². The van der Waals surface area contributed by atoms with Gasteiger partial charge < -0.3 is 9.47 Å². The number of nitrogens with zero attached hydrogens (tertiary/aromatic N) is 1. The Morgan fingerprint density at radius 1 is 1.20 bits per heavy atom. The predicted molar refractivity (Wildman–Crippen MR) is 97.7 cm³/mol. The van der Waals surface area contributed by atoms with E-state index in [1.54, 1.807) is 13.8 Å². The second kappa shape index (κ2) is 10.5. The average Bonchev–Trinajstić information content (AvgIpc) is 2.58. The van der Waals surface area contributed by atoms with Gasteiger partial charge in [-0.15, -0.1) is 0 Å². The highest BCUT2D eigenvalue weighted by atomic mass is 16.5.